The number of nitrogens with one attached hydrogen (secondary N) is 2. The fraction of sp³-hybridized carbons (Fsp3) is 0.450. The molecule has 1 heterocycles. The highest BCUT2D eigenvalue weighted by Crippen LogP contribution is 2.19. The predicted molar refractivity (Wildman–Crippen MR) is 100 cm³/mol. The van der Waals surface area contributed by atoms with Gasteiger partial charge in [0.2, 0.25) is 0 Å². The first-order chi connectivity index (χ1) is 12.9. The maximum absolute atomic E-state index is 12.3. The van der Waals surface area contributed by atoms with E-state index in [0.717, 1.165) is 5.56 Å². The summed E-state index contributed by atoms with van der Waals surface area (Å²) in [6.07, 6.45) is 0.510. The van der Waals surface area contributed by atoms with E-state index in [0.29, 0.717) is 17.9 Å². The fourth-order valence-electron chi connectivity index (χ4n) is 2.80. The monoisotopic (exact) mass is 374 g/mol. The lowest BCUT2D eigenvalue weighted by Gasteiger charge is -2.28. The van der Waals surface area contributed by atoms with Crippen LogP contribution in [0.5, 0.6) is 0 Å². The maximum atomic E-state index is 12.3. The van der Waals surface area contributed by atoms with Gasteiger partial charge in [-0.15, -0.1) is 0 Å². The van der Waals surface area contributed by atoms with Gasteiger partial charge in [-0.3, -0.25) is 0 Å². The third-order valence-electron chi connectivity index (χ3n) is 4.31. The summed E-state index contributed by atoms with van der Waals surface area (Å²) in [4.78, 5) is 36.4. The standard InChI is InChI=1S/C20H26N2O5/c1-5-15-17(19(24)26-6-2)16(22-20(25)21-15)11-27-18(23)14-9-7-13(8-10-14)12(3)4/h7-10,12,15H,5-6,11H2,1-4H3,(H2,21,22,25)/t15-/m0/s1. The van der Waals surface area contributed by atoms with Gasteiger partial charge in [0.05, 0.1) is 29.5 Å². The van der Waals surface area contributed by atoms with Gasteiger partial charge >= 0.3 is 18.0 Å². The summed E-state index contributed by atoms with van der Waals surface area (Å²) >= 11 is 0. The summed E-state index contributed by atoms with van der Waals surface area (Å²) < 4.78 is 10.4. The minimum Gasteiger partial charge on any atom is -0.463 e. The van der Waals surface area contributed by atoms with Crippen LogP contribution < -0.4 is 10.6 Å². The van der Waals surface area contributed by atoms with Gasteiger partial charge in [0, 0.05) is 0 Å². The molecule has 0 fully saturated rings. The van der Waals surface area contributed by atoms with Gasteiger partial charge in [-0.05, 0) is 37.0 Å². The highest BCUT2D eigenvalue weighted by atomic mass is 16.5. The quantitative estimate of drug-likeness (QED) is 0.716. The number of carbonyl (C=O) groups is 3. The van der Waals surface area contributed by atoms with E-state index in [1.54, 1.807) is 19.1 Å². The highest BCUT2D eigenvalue weighted by Gasteiger charge is 2.32. The van der Waals surface area contributed by atoms with Crippen molar-refractivity contribution in [3.05, 3.63) is 46.7 Å². The van der Waals surface area contributed by atoms with E-state index in [4.69, 9.17) is 9.47 Å². The lowest BCUT2D eigenvalue weighted by molar-refractivity contribution is -0.139. The summed E-state index contributed by atoms with van der Waals surface area (Å²) in [5, 5.41) is 5.22. The van der Waals surface area contributed by atoms with Crippen LogP contribution in [0.2, 0.25) is 0 Å². The van der Waals surface area contributed by atoms with Gasteiger partial charge in [-0.25, -0.2) is 14.4 Å². The van der Waals surface area contributed by atoms with Crippen LogP contribution >= 0.6 is 0 Å². The molecule has 1 aliphatic rings. The molecule has 1 aromatic rings. The predicted octanol–water partition coefficient (Wildman–Crippen LogP) is 2.88. The lowest BCUT2D eigenvalue weighted by atomic mass is 10.0. The van der Waals surface area contributed by atoms with Crippen LogP contribution in [0, 0.1) is 0 Å². The Kier molecular flexibility index (Phi) is 6.98. The van der Waals surface area contributed by atoms with Crippen LogP contribution in [-0.2, 0) is 14.3 Å². The second-order valence-electron chi connectivity index (χ2n) is 6.52. The number of rotatable bonds is 7. The highest BCUT2D eigenvalue weighted by molar-refractivity contribution is 5.95. The van der Waals surface area contributed by atoms with Gasteiger partial charge in [0.25, 0.3) is 0 Å². The molecule has 0 unspecified atom stereocenters. The third kappa shape index (κ3) is 5.09. The van der Waals surface area contributed by atoms with Crippen molar-refractivity contribution >= 4 is 18.0 Å². The summed E-state index contributed by atoms with van der Waals surface area (Å²) in [6.45, 7) is 7.68. The molecule has 0 saturated carbocycles. The van der Waals surface area contributed by atoms with Crippen molar-refractivity contribution in [3.8, 4) is 0 Å². The summed E-state index contributed by atoms with van der Waals surface area (Å²) in [5.41, 5.74) is 2.05. The first-order valence-corrected chi connectivity index (χ1v) is 9.12. The molecule has 7 nitrogen and oxygen atoms in total. The number of ether oxygens (including phenoxy) is 2. The molecular weight excluding hydrogens is 348 g/mol. The average molecular weight is 374 g/mol. The Morgan fingerprint density at radius 3 is 2.30 bits per heavy atom. The maximum Gasteiger partial charge on any atom is 0.338 e. The Morgan fingerprint density at radius 2 is 1.74 bits per heavy atom. The van der Waals surface area contributed by atoms with E-state index in [2.05, 4.69) is 24.5 Å². The Labute approximate surface area is 159 Å². The molecule has 0 saturated heterocycles. The van der Waals surface area contributed by atoms with E-state index in [1.165, 1.54) is 0 Å². The number of hydrogen-bond acceptors (Lipinski definition) is 5. The molecule has 0 aromatic heterocycles. The fourth-order valence-corrected chi connectivity index (χ4v) is 2.80. The number of carbonyl (C=O) groups excluding carboxylic acids is 3. The summed E-state index contributed by atoms with van der Waals surface area (Å²) in [7, 11) is 0. The van der Waals surface area contributed by atoms with Crippen LogP contribution in [0.4, 0.5) is 4.79 Å². The Bertz CT molecular complexity index is 737. The molecule has 7 heteroatoms. The molecule has 0 radical (unpaired) electrons. The van der Waals surface area contributed by atoms with Crippen molar-refractivity contribution < 1.29 is 23.9 Å². The van der Waals surface area contributed by atoms with Gasteiger partial charge in [0.1, 0.15) is 6.61 Å². The average Bonchev–Trinajstić information content (AvgIpc) is 2.65. The van der Waals surface area contributed by atoms with Gasteiger partial charge < -0.3 is 20.1 Å². The molecule has 1 atom stereocenters. The minimum absolute atomic E-state index is 0.210. The number of hydrogen-bond donors (Lipinski definition) is 2. The van der Waals surface area contributed by atoms with Crippen molar-refractivity contribution in [1.29, 1.82) is 0 Å². The molecule has 1 aliphatic heterocycles. The number of benzene rings is 1. The zero-order valence-electron chi connectivity index (χ0n) is 16.1. The summed E-state index contributed by atoms with van der Waals surface area (Å²) in [5.74, 6) is -0.700. The van der Waals surface area contributed by atoms with E-state index in [9.17, 15) is 14.4 Å². The first-order valence-electron chi connectivity index (χ1n) is 9.12. The van der Waals surface area contributed by atoms with Gasteiger partial charge in [-0.2, -0.15) is 0 Å². The Morgan fingerprint density at radius 1 is 1.07 bits per heavy atom. The largest absolute Gasteiger partial charge is 0.463 e. The van der Waals surface area contributed by atoms with Gasteiger partial charge in [-0.1, -0.05) is 32.9 Å². The van der Waals surface area contributed by atoms with Crippen molar-refractivity contribution in [3.63, 3.8) is 0 Å². The van der Waals surface area contributed by atoms with E-state index >= 15 is 0 Å². The van der Waals surface area contributed by atoms with Crippen molar-refractivity contribution in [1.82, 2.24) is 10.6 Å². The molecule has 27 heavy (non-hydrogen) atoms. The number of esters is 2. The Balaban J connectivity index is 2.17. The van der Waals surface area contributed by atoms with Crippen molar-refractivity contribution in [2.75, 3.05) is 13.2 Å². The van der Waals surface area contributed by atoms with E-state index in [1.807, 2.05) is 19.1 Å². The Hall–Kier alpha value is -2.83. The van der Waals surface area contributed by atoms with Crippen LogP contribution in [0.3, 0.4) is 0 Å². The van der Waals surface area contributed by atoms with Crippen LogP contribution in [-0.4, -0.2) is 37.2 Å². The minimum atomic E-state index is -0.538. The molecule has 0 bridgehead atoms. The molecule has 2 rings (SSSR count). The molecular formula is C20H26N2O5. The van der Waals surface area contributed by atoms with Crippen LogP contribution in [0.25, 0.3) is 0 Å². The molecule has 0 aliphatic carbocycles. The zero-order valence-corrected chi connectivity index (χ0v) is 16.1. The zero-order chi connectivity index (χ0) is 20.0. The normalized spacial score (nSPS) is 16.6. The molecule has 2 N–H and O–H groups in total. The molecule has 0 spiro atoms. The second kappa shape index (κ2) is 9.21. The van der Waals surface area contributed by atoms with E-state index < -0.39 is 24.0 Å². The molecule has 146 valence electrons. The molecule has 2 amide bonds. The molecule has 1 aromatic carbocycles. The SMILES string of the molecule is CCOC(=O)C1=C(COC(=O)c2ccc(C(C)C)cc2)NC(=O)N[C@H]1CC. The topological polar surface area (TPSA) is 93.7 Å². The summed E-state index contributed by atoms with van der Waals surface area (Å²) in [6, 6.07) is 6.23. The number of urea groups is 1. The van der Waals surface area contributed by atoms with Crippen molar-refractivity contribution in [2.45, 2.75) is 46.1 Å². The lowest BCUT2D eigenvalue weighted by Crippen LogP contribution is -2.51. The first kappa shape index (κ1) is 20.5. The van der Waals surface area contributed by atoms with E-state index in [-0.39, 0.29) is 24.5 Å². The van der Waals surface area contributed by atoms with Gasteiger partial charge in [0.15, 0.2) is 0 Å². The van der Waals surface area contributed by atoms with Crippen LogP contribution in [0.1, 0.15) is 56.0 Å². The second-order valence-corrected chi connectivity index (χ2v) is 6.52. The van der Waals surface area contributed by atoms with Crippen molar-refractivity contribution in [2.24, 2.45) is 0 Å². The number of amides is 2. The smallest absolute Gasteiger partial charge is 0.338 e. The third-order valence-corrected chi connectivity index (χ3v) is 4.31. The van der Waals surface area contributed by atoms with Crippen LogP contribution in [0.15, 0.2) is 35.5 Å².